The van der Waals surface area contributed by atoms with Crippen LogP contribution in [0.4, 0.5) is 0 Å². The third-order valence-electron chi connectivity index (χ3n) is 3.69. The van der Waals surface area contributed by atoms with Crippen LogP contribution in [0, 0.1) is 0 Å². The summed E-state index contributed by atoms with van der Waals surface area (Å²) in [6.45, 7) is 6.20. The Bertz CT molecular complexity index is 688. The second-order valence-corrected chi connectivity index (χ2v) is 5.99. The van der Waals surface area contributed by atoms with Gasteiger partial charge in [0.25, 0.3) is 0 Å². The van der Waals surface area contributed by atoms with Gasteiger partial charge in [0, 0.05) is 11.1 Å². The molecule has 130 valence electrons. The molecule has 0 amide bonds. The minimum absolute atomic E-state index is 0.288. The first-order valence-electron chi connectivity index (χ1n) is 8.60. The number of carbonyl (C=O) groups is 1. The van der Waals surface area contributed by atoms with Crippen LogP contribution in [0.1, 0.15) is 38.3 Å². The summed E-state index contributed by atoms with van der Waals surface area (Å²) >= 11 is 0. The van der Waals surface area contributed by atoms with E-state index in [1.807, 2.05) is 87.5 Å². The van der Waals surface area contributed by atoms with Crippen molar-refractivity contribution in [2.45, 2.75) is 33.2 Å². The number of allylic oxidation sites excluding steroid dienone is 1. The van der Waals surface area contributed by atoms with Crippen molar-refractivity contribution in [1.29, 1.82) is 0 Å². The lowest BCUT2D eigenvalue weighted by atomic mass is 10.0. The molecule has 1 unspecified atom stereocenters. The predicted octanol–water partition coefficient (Wildman–Crippen LogP) is 4.81. The van der Waals surface area contributed by atoms with E-state index in [4.69, 9.17) is 9.73 Å². The summed E-state index contributed by atoms with van der Waals surface area (Å²) < 4.78 is 5.23. The smallest absolute Gasteiger partial charge is 0.331 e. The van der Waals surface area contributed by atoms with Crippen molar-refractivity contribution in [3.05, 3.63) is 83.4 Å². The first kappa shape index (κ1) is 18.7. The fraction of sp³-hybridized carbons (Fsp3) is 0.273. The molecule has 1 atom stereocenters. The molecule has 0 bridgehead atoms. The van der Waals surface area contributed by atoms with Gasteiger partial charge in [0.1, 0.15) is 0 Å². The third-order valence-corrected chi connectivity index (χ3v) is 3.69. The molecule has 0 radical (unpaired) electrons. The van der Waals surface area contributed by atoms with Crippen LogP contribution in [0.15, 0.2) is 77.3 Å². The highest BCUT2D eigenvalue weighted by molar-refractivity contribution is 6.13. The molecule has 0 aliphatic carbocycles. The Hall–Kier alpha value is -2.68. The summed E-state index contributed by atoms with van der Waals surface area (Å²) in [6.07, 6.45) is 2.56. The number of esters is 1. The Morgan fingerprint density at radius 1 is 1.00 bits per heavy atom. The van der Waals surface area contributed by atoms with Crippen molar-refractivity contribution in [3.8, 4) is 0 Å². The van der Waals surface area contributed by atoms with Gasteiger partial charge in [0.2, 0.25) is 0 Å². The Labute approximate surface area is 150 Å². The summed E-state index contributed by atoms with van der Waals surface area (Å²) in [7, 11) is 0. The third kappa shape index (κ3) is 5.71. The molecule has 2 aromatic carbocycles. The second-order valence-electron chi connectivity index (χ2n) is 5.99. The van der Waals surface area contributed by atoms with E-state index in [2.05, 4.69) is 0 Å². The number of nitrogens with zero attached hydrogens (tertiary/aromatic N) is 1. The van der Waals surface area contributed by atoms with E-state index >= 15 is 0 Å². The fourth-order valence-electron chi connectivity index (χ4n) is 2.45. The van der Waals surface area contributed by atoms with Crippen LogP contribution in [-0.4, -0.2) is 24.3 Å². The van der Waals surface area contributed by atoms with Crippen molar-refractivity contribution in [3.63, 3.8) is 0 Å². The van der Waals surface area contributed by atoms with Gasteiger partial charge in [-0.3, -0.25) is 4.99 Å². The zero-order valence-electron chi connectivity index (χ0n) is 15.1. The van der Waals surface area contributed by atoms with Gasteiger partial charge in [-0.25, -0.2) is 4.79 Å². The first-order valence-corrected chi connectivity index (χ1v) is 8.60. The van der Waals surface area contributed by atoms with Gasteiger partial charge in [-0.05, 0) is 27.2 Å². The Kier molecular flexibility index (Phi) is 7.15. The molecule has 3 nitrogen and oxygen atoms in total. The Morgan fingerprint density at radius 3 is 1.96 bits per heavy atom. The minimum Gasteiger partial charge on any atom is -0.464 e. The van der Waals surface area contributed by atoms with E-state index < -0.39 is 6.04 Å². The van der Waals surface area contributed by atoms with Crippen LogP contribution >= 0.6 is 0 Å². The number of ether oxygens (including phenoxy) is 1. The van der Waals surface area contributed by atoms with Crippen molar-refractivity contribution in [2.24, 2.45) is 4.99 Å². The lowest BCUT2D eigenvalue weighted by Crippen LogP contribution is -2.23. The van der Waals surface area contributed by atoms with Gasteiger partial charge >= 0.3 is 5.97 Å². The molecule has 0 aliphatic rings. The molecule has 0 heterocycles. The van der Waals surface area contributed by atoms with Crippen molar-refractivity contribution < 1.29 is 9.53 Å². The summed E-state index contributed by atoms with van der Waals surface area (Å²) in [5.74, 6) is -0.288. The minimum atomic E-state index is -0.551. The van der Waals surface area contributed by atoms with Crippen LogP contribution < -0.4 is 0 Å². The number of carbonyl (C=O) groups excluding carboxylic acids is 1. The summed E-state index contributed by atoms with van der Waals surface area (Å²) in [4.78, 5) is 17.2. The van der Waals surface area contributed by atoms with E-state index in [1.54, 1.807) is 0 Å². The van der Waals surface area contributed by atoms with Gasteiger partial charge < -0.3 is 4.74 Å². The zero-order valence-corrected chi connectivity index (χ0v) is 15.1. The fourth-order valence-corrected chi connectivity index (χ4v) is 2.45. The lowest BCUT2D eigenvalue weighted by molar-refractivity contribution is -0.144. The quantitative estimate of drug-likeness (QED) is 0.414. The number of aliphatic imine (C=N–C) groups is 1. The van der Waals surface area contributed by atoms with Gasteiger partial charge in [0.05, 0.1) is 12.3 Å². The topological polar surface area (TPSA) is 38.7 Å². The molecule has 0 fully saturated rings. The predicted molar refractivity (Wildman–Crippen MR) is 103 cm³/mol. The van der Waals surface area contributed by atoms with E-state index in [1.165, 1.54) is 0 Å². The zero-order chi connectivity index (χ0) is 18.1. The maximum Gasteiger partial charge on any atom is 0.331 e. The summed E-state index contributed by atoms with van der Waals surface area (Å²) in [6, 6.07) is 19.3. The molecular formula is C22H25NO2. The van der Waals surface area contributed by atoms with Crippen molar-refractivity contribution in [1.82, 2.24) is 0 Å². The molecule has 25 heavy (non-hydrogen) atoms. The lowest BCUT2D eigenvalue weighted by Gasteiger charge is -2.14. The second kappa shape index (κ2) is 9.58. The van der Waals surface area contributed by atoms with Crippen molar-refractivity contribution >= 4 is 11.7 Å². The van der Waals surface area contributed by atoms with E-state index in [0.717, 1.165) is 22.4 Å². The molecule has 3 heteroatoms. The van der Waals surface area contributed by atoms with E-state index in [-0.39, 0.29) is 5.97 Å². The highest BCUT2D eigenvalue weighted by Crippen LogP contribution is 2.15. The maximum atomic E-state index is 12.4. The van der Waals surface area contributed by atoms with Crippen LogP contribution in [0.2, 0.25) is 0 Å². The maximum absolute atomic E-state index is 12.4. The SMILES string of the molecule is CCOC(=O)C(CC=C(C)C)N=C(c1ccccc1)c1ccccc1. The average Bonchev–Trinajstić information content (AvgIpc) is 2.63. The molecule has 0 aliphatic heterocycles. The molecule has 2 aromatic rings. The van der Waals surface area contributed by atoms with Gasteiger partial charge in [0.15, 0.2) is 6.04 Å². The Balaban J connectivity index is 2.47. The van der Waals surface area contributed by atoms with Gasteiger partial charge in [-0.1, -0.05) is 72.3 Å². The summed E-state index contributed by atoms with van der Waals surface area (Å²) in [5, 5.41) is 0. The highest BCUT2D eigenvalue weighted by Gasteiger charge is 2.19. The van der Waals surface area contributed by atoms with Crippen LogP contribution in [-0.2, 0) is 9.53 Å². The monoisotopic (exact) mass is 335 g/mol. The van der Waals surface area contributed by atoms with Crippen molar-refractivity contribution in [2.75, 3.05) is 6.61 Å². The number of hydrogen-bond acceptors (Lipinski definition) is 3. The normalized spacial score (nSPS) is 11.3. The standard InChI is InChI=1S/C22H25NO2/c1-4-25-22(24)20(16-15-17(2)3)23-21(18-11-7-5-8-12-18)19-13-9-6-10-14-19/h5-15,20H,4,16H2,1-3H3. The van der Waals surface area contributed by atoms with Gasteiger partial charge in [-0.2, -0.15) is 0 Å². The molecule has 0 saturated heterocycles. The largest absolute Gasteiger partial charge is 0.464 e. The molecule has 0 spiro atoms. The summed E-state index contributed by atoms with van der Waals surface area (Å²) in [5.41, 5.74) is 3.94. The molecule has 2 rings (SSSR count). The van der Waals surface area contributed by atoms with Crippen LogP contribution in [0.25, 0.3) is 0 Å². The number of benzene rings is 2. The number of hydrogen-bond donors (Lipinski definition) is 0. The molecular weight excluding hydrogens is 310 g/mol. The van der Waals surface area contributed by atoms with Crippen LogP contribution in [0.5, 0.6) is 0 Å². The first-order chi connectivity index (χ1) is 12.1. The Morgan fingerprint density at radius 2 is 1.52 bits per heavy atom. The average molecular weight is 335 g/mol. The highest BCUT2D eigenvalue weighted by atomic mass is 16.5. The number of rotatable bonds is 7. The van der Waals surface area contributed by atoms with Crippen LogP contribution in [0.3, 0.4) is 0 Å². The molecule has 0 aromatic heterocycles. The molecule has 0 saturated carbocycles. The van der Waals surface area contributed by atoms with E-state index in [9.17, 15) is 4.79 Å². The van der Waals surface area contributed by atoms with Gasteiger partial charge in [-0.15, -0.1) is 0 Å². The molecule has 0 N–H and O–H groups in total. The van der Waals surface area contributed by atoms with E-state index in [0.29, 0.717) is 13.0 Å².